The van der Waals surface area contributed by atoms with Gasteiger partial charge in [-0.2, -0.15) is 5.26 Å². The summed E-state index contributed by atoms with van der Waals surface area (Å²) in [7, 11) is 0. The number of aliphatic hydroxyl groups excluding tert-OH is 1. The molecule has 6 heteroatoms. The quantitative estimate of drug-likeness (QED) is 0.386. The van der Waals surface area contributed by atoms with E-state index < -0.39 is 6.10 Å². The molecule has 2 aromatic carbocycles. The molecule has 1 aliphatic rings. The van der Waals surface area contributed by atoms with Gasteiger partial charge in [0.1, 0.15) is 24.5 Å². The van der Waals surface area contributed by atoms with Gasteiger partial charge in [-0.3, -0.25) is 4.79 Å². The molecule has 0 amide bonds. The highest BCUT2D eigenvalue weighted by molar-refractivity contribution is 5.71. The highest BCUT2D eigenvalue weighted by atomic mass is 16.5. The largest absolute Gasteiger partial charge is 0.489 e. The van der Waals surface area contributed by atoms with Crippen molar-refractivity contribution in [1.82, 2.24) is 5.32 Å². The highest BCUT2D eigenvalue weighted by Crippen LogP contribution is 2.35. The van der Waals surface area contributed by atoms with E-state index in [9.17, 15) is 15.2 Å². The third kappa shape index (κ3) is 7.56. The molecule has 0 aliphatic heterocycles. The summed E-state index contributed by atoms with van der Waals surface area (Å²) in [4.78, 5) is 12.1. The fourth-order valence-electron chi connectivity index (χ4n) is 5.24. The van der Waals surface area contributed by atoms with Crippen LogP contribution < -0.4 is 10.1 Å². The zero-order valence-electron chi connectivity index (χ0n) is 22.0. The van der Waals surface area contributed by atoms with Crippen LogP contribution in [0, 0.1) is 17.2 Å². The molecule has 0 bridgehead atoms. The van der Waals surface area contributed by atoms with Gasteiger partial charge >= 0.3 is 5.97 Å². The number of ether oxygens (including phenoxy) is 2. The number of hydrogen-bond donors (Lipinski definition) is 2. The summed E-state index contributed by atoms with van der Waals surface area (Å²) in [6.07, 6.45) is 3.40. The van der Waals surface area contributed by atoms with Gasteiger partial charge in [0, 0.05) is 12.1 Å². The lowest BCUT2D eigenvalue weighted by atomic mass is 9.88. The minimum atomic E-state index is -0.741. The van der Waals surface area contributed by atoms with Crippen molar-refractivity contribution >= 4 is 5.97 Å². The van der Waals surface area contributed by atoms with Crippen molar-refractivity contribution in [3.8, 4) is 11.8 Å². The number of para-hydroxylation sites is 1. The number of rotatable bonds is 13. The maximum absolute atomic E-state index is 12.1. The van der Waals surface area contributed by atoms with Gasteiger partial charge in [-0.15, -0.1) is 0 Å². The maximum atomic E-state index is 12.1. The normalized spacial score (nSPS) is 15.1. The Morgan fingerprint density at radius 2 is 1.86 bits per heavy atom. The average Bonchev–Trinajstić information content (AvgIpc) is 3.26. The maximum Gasteiger partial charge on any atom is 0.306 e. The minimum absolute atomic E-state index is 0.0550. The first-order valence-electron chi connectivity index (χ1n) is 13.1. The lowest BCUT2D eigenvalue weighted by Gasteiger charge is -2.30. The number of β-amino-alcohol motifs (C(OH)–C–C–N with tert-alkyl or cyclic N) is 1. The molecule has 2 aromatic rings. The van der Waals surface area contributed by atoms with Crippen molar-refractivity contribution in [2.24, 2.45) is 5.92 Å². The predicted octanol–water partition coefficient (Wildman–Crippen LogP) is 4.92. The summed E-state index contributed by atoms with van der Waals surface area (Å²) in [5, 5.41) is 23.9. The Morgan fingerprint density at radius 1 is 1.17 bits per heavy atom. The summed E-state index contributed by atoms with van der Waals surface area (Å²) in [5.41, 5.74) is 3.97. The molecule has 1 unspecified atom stereocenters. The molecule has 2 atom stereocenters. The number of nitriles is 1. The topological polar surface area (TPSA) is 91.6 Å². The molecule has 0 radical (unpaired) electrons. The molecule has 2 N–H and O–H groups in total. The Hall–Kier alpha value is -2.88. The van der Waals surface area contributed by atoms with Crippen LogP contribution >= 0.6 is 0 Å². The molecular formula is C30H40N2O4. The molecular weight excluding hydrogens is 452 g/mol. The fourth-order valence-corrected chi connectivity index (χ4v) is 5.24. The molecule has 194 valence electrons. The predicted molar refractivity (Wildman–Crippen MR) is 141 cm³/mol. The molecule has 36 heavy (non-hydrogen) atoms. The number of carbonyl (C=O) groups excluding carboxylic acids is 1. The molecule has 0 saturated heterocycles. The smallest absolute Gasteiger partial charge is 0.306 e. The Labute approximate surface area is 215 Å². The average molecular weight is 493 g/mol. The van der Waals surface area contributed by atoms with Crippen LogP contribution in [-0.4, -0.2) is 42.5 Å². The van der Waals surface area contributed by atoms with E-state index in [4.69, 9.17) is 9.47 Å². The van der Waals surface area contributed by atoms with E-state index in [2.05, 4.69) is 49.5 Å². The monoisotopic (exact) mass is 492 g/mol. The Morgan fingerprint density at radius 3 is 2.47 bits per heavy atom. The van der Waals surface area contributed by atoms with E-state index in [0.29, 0.717) is 36.8 Å². The van der Waals surface area contributed by atoms with Crippen LogP contribution in [0.25, 0.3) is 0 Å². The van der Waals surface area contributed by atoms with E-state index in [1.165, 1.54) is 11.1 Å². The lowest BCUT2D eigenvalue weighted by Crippen LogP contribution is -2.46. The van der Waals surface area contributed by atoms with E-state index in [-0.39, 0.29) is 30.5 Å². The molecule has 0 aromatic heterocycles. The van der Waals surface area contributed by atoms with E-state index in [0.717, 1.165) is 24.8 Å². The fraction of sp³-hybridized carbons (Fsp3) is 0.533. The van der Waals surface area contributed by atoms with E-state index >= 15 is 0 Å². The summed E-state index contributed by atoms with van der Waals surface area (Å²) in [6, 6.07) is 16.2. The highest BCUT2D eigenvalue weighted by Gasteiger charge is 2.28. The van der Waals surface area contributed by atoms with Crippen LogP contribution in [0.5, 0.6) is 5.75 Å². The molecule has 1 aliphatic carbocycles. The van der Waals surface area contributed by atoms with Gasteiger partial charge in [-0.25, -0.2) is 0 Å². The van der Waals surface area contributed by atoms with Crippen LogP contribution in [0.1, 0.15) is 75.1 Å². The van der Waals surface area contributed by atoms with Gasteiger partial charge in [0.05, 0.1) is 18.6 Å². The second kappa shape index (κ2) is 12.9. The Bertz CT molecular complexity index is 1030. The number of aliphatic hydroxyl groups is 1. The molecule has 3 rings (SSSR count). The number of benzene rings is 2. The second-order valence-electron chi connectivity index (χ2n) is 10.4. The van der Waals surface area contributed by atoms with Crippen molar-refractivity contribution in [2.45, 2.75) is 77.4 Å². The van der Waals surface area contributed by atoms with E-state index in [1.807, 2.05) is 13.0 Å². The van der Waals surface area contributed by atoms with Crippen molar-refractivity contribution in [1.29, 1.82) is 5.26 Å². The Kier molecular flexibility index (Phi) is 9.92. The number of esters is 1. The number of fused-ring (bicyclic) bond motifs is 1. The zero-order valence-corrected chi connectivity index (χ0v) is 22.0. The summed E-state index contributed by atoms with van der Waals surface area (Å²) >= 11 is 0. The van der Waals surface area contributed by atoms with Gasteiger partial charge < -0.3 is 19.9 Å². The first-order chi connectivity index (χ1) is 17.3. The summed E-state index contributed by atoms with van der Waals surface area (Å²) < 4.78 is 11.1. The van der Waals surface area contributed by atoms with Crippen LogP contribution in [0.3, 0.4) is 0 Å². The molecule has 0 fully saturated rings. The number of nitrogens with one attached hydrogen (secondary N) is 1. The summed E-state index contributed by atoms with van der Waals surface area (Å²) in [6.45, 7) is 8.90. The molecule has 0 saturated carbocycles. The minimum Gasteiger partial charge on any atom is -0.489 e. The number of hydrogen-bond acceptors (Lipinski definition) is 6. The van der Waals surface area contributed by atoms with Crippen molar-refractivity contribution in [2.75, 3.05) is 19.8 Å². The van der Waals surface area contributed by atoms with E-state index in [1.54, 1.807) is 19.1 Å². The molecule has 0 heterocycles. The zero-order chi connectivity index (χ0) is 26.1. The second-order valence-corrected chi connectivity index (χ2v) is 10.4. The first kappa shape index (κ1) is 27.7. The van der Waals surface area contributed by atoms with Crippen molar-refractivity contribution in [3.63, 3.8) is 0 Å². The third-order valence-electron chi connectivity index (χ3n) is 6.99. The van der Waals surface area contributed by atoms with Crippen LogP contribution in [0.15, 0.2) is 42.5 Å². The van der Waals surface area contributed by atoms with Crippen LogP contribution in [0.4, 0.5) is 0 Å². The van der Waals surface area contributed by atoms with Crippen molar-refractivity contribution in [3.05, 3.63) is 64.7 Å². The van der Waals surface area contributed by atoms with Crippen LogP contribution in [-0.2, 0) is 22.4 Å². The third-order valence-corrected chi connectivity index (χ3v) is 6.99. The molecule has 0 spiro atoms. The van der Waals surface area contributed by atoms with Gasteiger partial charge in [-0.1, -0.05) is 43.3 Å². The number of nitrogens with zero attached hydrogens (tertiary/aromatic N) is 1. The number of carbonyl (C=O) groups is 1. The lowest BCUT2D eigenvalue weighted by molar-refractivity contribution is -0.143. The van der Waals surface area contributed by atoms with Gasteiger partial charge in [0.2, 0.25) is 0 Å². The first-order valence-corrected chi connectivity index (χ1v) is 13.1. The summed E-state index contributed by atoms with van der Waals surface area (Å²) in [5.74, 6) is 0.637. The van der Waals surface area contributed by atoms with Gasteiger partial charge in [0.15, 0.2) is 0 Å². The van der Waals surface area contributed by atoms with Crippen LogP contribution in [0.2, 0.25) is 0 Å². The SMILES string of the molecule is CCOC(=O)CC(CC)c1cccc(C#N)c1OC[C@H](O)CNC(C)(C)CC1Cc2ccccc2C1. The van der Waals surface area contributed by atoms with Gasteiger partial charge in [-0.05, 0) is 81.0 Å². The Balaban J connectivity index is 1.57. The van der Waals surface area contributed by atoms with Crippen molar-refractivity contribution < 1.29 is 19.4 Å². The van der Waals surface area contributed by atoms with Gasteiger partial charge in [0.25, 0.3) is 0 Å². The standard InChI is InChI=1S/C30H40N2O4/c1-5-22(16-28(34)35-6-2)27-13-9-12-25(18-31)29(27)36-20-26(33)19-32-30(3,4)17-21-14-23-10-7-8-11-24(23)15-21/h7-13,21-22,26,32-33H,5-6,14-17,19-20H2,1-4H3/t22?,26-/m1/s1. The molecule has 6 nitrogen and oxygen atoms in total.